The fraction of sp³-hybridized carbons (Fsp3) is 0.385. The molecule has 2 aromatic rings. The SMILES string of the molecule is C#C[C@]1(O)[C@H](n2ccc3c(N)ncnc32)O[C@](F)(COP(=O)(O)OP(=O)(O)OP(=O)(O)O)[C@H]1O. The van der Waals surface area contributed by atoms with Gasteiger partial charge >= 0.3 is 23.5 Å². The van der Waals surface area contributed by atoms with Crippen LogP contribution in [-0.4, -0.2) is 68.5 Å². The van der Waals surface area contributed by atoms with Crippen molar-refractivity contribution in [1.29, 1.82) is 0 Å². The first-order chi connectivity index (χ1) is 15.4. The maximum Gasteiger partial charge on any atom is 0.490 e. The van der Waals surface area contributed by atoms with E-state index in [-0.39, 0.29) is 16.9 Å². The fourth-order valence-corrected chi connectivity index (χ4v) is 6.02. The molecule has 0 radical (unpaired) electrons. The lowest BCUT2D eigenvalue weighted by atomic mass is 9.94. The molecule has 0 amide bonds. The molecule has 1 fully saturated rings. The molecule has 0 aliphatic carbocycles. The van der Waals surface area contributed by atoms with Crippen molar-refractivity contribution >= 4 is 40.3 Å². The molecule has 6 atom stereocenters. The molecule has 1 aliphatic heterocycles. The van der Waals surface area contributed by atoms with Gasteiger partial charge in [0, 0.05) is 6.20 Å². The Balaban J connectivity index is 1.86. The number of aliphatic hydroxyl groups excluding tert-OH is 1. The van der Waals surface area contributed by atoms with Crippen molar-refractivity contribution in [3.05, 3.63) is 18.6 Å². The lowest BCUT2D eigenvalue weighted by molar-refractivity contribution is -0.203. The van der Waals surface area contributed by atoms with Crippen molar-refractivity contribution < 1.29 is 65.8 Å². The Morgan fingerprint density at radius 1 is 1.24 bits per heavy atom. The van der Waals surface area contributed by atoms with E-state index < -0.39 is 53.9 Å². The molecule has 2 unspecified atom stereocenters. The molecule has 1 aliphatic rings. The molecule has 8 N–H and O–H groups in total. The number of terminal acetylenes is 1. The summed E-state index contributed by atoms with van der Waals surface area (Å²) >= 11 is 0. The molecule has 3 rings (SSSR count). The van der Waals surface area contributed by atoms with E-state index in [1.54, 1.807) is 5.92 Å². The van der Waals surface area contributed by atoms with E-state index in [0.717, 1.165) is 10.9 Å². The van der Waals surface area contributed by atoms with Crippen LogP contribution in [-0.2, 0) is 31.6 Å². The molecule has 0 saturated carbocycles. The van der Waals surface area contributed by atoms with Gasteiger partial charge in [0.05, 0.1) is 5.39 Å². The Morgan fingerprint density at radius 2 is 1.88 bits per heavy atom. The van der Waals surface area contributed by atoms with Crippen LogP contribution in [0.3, 0.4) is 0 Å². The molecular weight excluding hydrogens is 532 g/mol. The van der Waals surface area contributed by atoms with Crippen molar-refractivity contribution in [2.24, 2.45) is 0 Å². The van der Waals surface area contributed by atoms with E-state index in [9.17, 15) is 28.8 Å². The van der Waals surface area contributed by atoms with Crippen LogP contribution in [0.5, 0.6) is 0 Å². The normalized spacial score (nSPS) is 31.1. The van der Waals surface area contributed by atoms with Crippen LogP contribution in [0, 0.1) is 12.3 Å². The van der Waals surface area contributed by atoms with E-state index in [1.807, 2.05) is 0 Å². The minimum absolute atomic E-state index is 0.00416. The number of anilines is 1. The number of nitrogens with two attached hydrogens (primary N) is 1. The summed E-state index contributed by atoms with van der Waals surface area (Å²) in [6, 6.07) is 1.36. The fourth-order valence-electron chi connectivity index (χ4n) is 2.99. The Morgan fingerprint density at radius 3 is 2.47 bits per heavy atom. The third-order valence-corrected chi connectivity index (χ3v) is 8.16. The number of aliphatic hydroxyl groups is 2. The predicted molar refractivity (Wildman–Crippen MR) is 106 cm³/mol. The second-order valence-corrected chi connectivity index (χ2v) is 11.1. The summed E-state index contributed by atoms with van der Waals surface area (Å²) in [5, 5.41) is 21.4. The molecule has 3 heterocycles. The van der Waals surface area contributed by atoms with Crippen LogP contribution in [0.4, 0.5) is 10.2 Å². The molecule has 0 aromatic carbocycles. The number of halogens is 1. The minimum atomic E-state index is -5.89. The summed E-state index contributed by atoms with van der Waals surface area (Å²) in [4.78, 5) is 43.3. The quantitative estimate of drug-likeness (QED) is 0.158. The second-order valence-electron chi connectivity index (χ2n) is 6.71. The van der Waals surface area contributed by atoms with Crippen molar-refractivity contribution in [2.75, 3.05) is 12.3 Å². The van der Waals surface area contributed by atoms with Crippen LogP contribution in [0.1, 0.15) is 6.23 Å². The van der Waals surface area contributed by atoms with Gasteiger partial charge in [-0.2, -0.15) is 8.62 Å². The van der Waals surface area contributed by atoms with Gasteiger partial charge in [-0.15, -0.1) is 6.42 Å². The number of nitrogen functional groups attached to an aromatic ring is 1. The summed E-state index contributed by atoms with van der Waals surface area (Å²) in [6.45, 7) is -1.74. The highest BCUT2D eigenvalue weighted by atomic mass is 31.3. The number of alkyl halides is 1. The Labute approximate surface area is 188 Å². The van der Waals surface area contributed by atoms with E-state index in [2.05, 4.69) is 23.1 Å². The molecule has 17 nitrogen and oxygen atoms in total. The topological polar surface area (TPSA) is 266 Å². The number of rotatable bonds is 8. The van der Waals surface area contributed by atoms with Gasteiger partial charge in [-0.05, 0) is 6.07 Å². The van der Waals surface area contributed by atoms with Crippen molar-refractivity contribution in [3.63, 3.8) is 0 Å². The van der Waals surface area contributed by atoms with Gasteiger partial charge in [-0.1, -0.05) is 5.92 Å². The third-order valence-electron chi connectivity index (χ3n) is 4.37. The molecule has 0 bridgehead atoms. The number of ether oxygens (including phenoxy) is 1. The average Bonchev–Trinajstić information content (AvgIpc) is 3.19. The van der Waals surface area contributed by atoms with Crippen molar-refractivity contribution in [1.82, 2.24) is 14.5 Å². The lowest BCUT2D eigenvalue weighted by Gasteiger charge is -2.27. The smallest absolute Gasteiger partial charge is 0.383 e. The van der Waals surface area contributed by atoms with Crippen LogP contribution in [0.2, 0.25) is 0 Å². The van der Waals surface area contributed by atoms with E-state index in [4.69, 9.17) is 31.6 Å². The summed E-state index contributed by atoms with van der Waals surface area (Å²) in [5.74, 6) is -1.77. The molecule has 188 valence electrons. The zero-order valence-electron chi connectivity index (χ0n) is 16.4. The number of fused-ring (bicyclic) bond motifs is 1. The summed E-state index contributed by atoms with van der Waals surface area (Å²) in [7, 11) is -17.3. The molecule has 1 saturated heterocycles. The average molecular weight is 548 g/mol. The Kier molecular flexibility index (Phi) is 6.86. The van der Waals surface area contributed by atoms with Gasteiger partial charge in [-0.25, -0.2) is 28.1 Å². The Bertz CT molecular complexity index is 1290. The zero-order valence-corrected chi connectivity index (χ0v) is 19.0. The third kappa shape index (κ3) is 5.23. The standard InChI is InChI=1S/C13H16FN4O13P3/c1-2-12(20)10(19)13(14,5-28-33(24,25)31-34(26,27)30-32(21,22)23)29-11(12)18-4-3-7-8(15)16-6-17-9(7)18/h1,3-4,6,10-11,19-20H,5H2,(H,24,25)(H,26,27)(H2,15,16,17)(H2,21,22,23)/t10-,11+,12+,13+/m0/s1. The number of hydrogen-bond acceptors (Lipinski definition) is 12. The van der Waals surface area contributed by atoms with Crippen LogP contribution in [0.15, 0.2) is 18.6 Å². The second kappa shape index (κ2) is 8.70. The molecule has 2 aromatic heterocycles. The van der Waals surface area contributed by atoms with Crippen LogP contribution >= 0.6 is 23.5 Å². The van der Waals surface area contributed by atoms with E-state index >= 15 is 4.39 Å². The molecule has 21 heteroatoms. The van der Waals surface area contributed by atoms with Gasteiger partial charge in [0.25, 0.3) is 5.85 Å². The largest absolute Gasteiger partial charge is 0.490 e. The zero-order chi connectivity index (χ0) is 25.7. The van der Waals surface area contributed by atoms with Gasteiger partial charge < -0.3 is 44.8 Å². The van der Waals surface area contributed by atoms with E-state index in [1.165, 1.54) is 12.3 Å². The summed E-state index contributed by atoms with van der Waals surface area (Å²) < 4.78 is 66.5. The highest BCUT2D eigenvalue weighted by molar-refractivity contribution is 7.66. The maximum atomic E-state index is 15.4. The van der Waals surface area contributed by atoms with Crippen LogP contribution < -0.4 is 5.73 Å². The Hall–Kier alpha value is -1.80. The minimum Gasteiger partial charge on any atom is -0.383 e. The molecular formula is C13H16FN4O13P3. The van der Waals surface area contributed by atoms with Gasteiger partial charge in [0.15, 0.2) is 12.3 Å². The van der Waals surface area contributed by atoms with Crippen molar-refractivity contribution in [3.8, 4) is 12.3 Å². The number of phosphoric ester groups is 1. The summed E-state index contributed by atoms with van der Waals surface area (Å²) in [5.41, 5.74) is 2.88. The first-order valence-electron chi connectivity index (χ1n) is 8.53. The lowest BCUT2D eigenvalue weighted by Crippen LogP contribution is -2.50. The number of phosphoric acid groups is 3. The molecule has 0 spiro atoms. The first-order valence-corrected chi connectivity index (χ1v) is 13.1. The van der Waals surface area contributed by atoms with Gasteiger partial charge in [0.1, 0.15) is 24.4 Å². The van der Waals surface area contributed by atoms with Gasteiger partial charge in [0.2, 0.25) is 5.60 Å². The van der Waals surface area contributed by atoms with Crippen LogP contribution in [0.25, 0.3) is 11.0 Å². The number of aromatic nitrogens is 3. The number of nitrogens with zero attached hydrogens (tertiary/aromatic N) is 3. The monoisotopic (exact) mass is 548 g/mol. The predicted octanol–water partition coefficient (Wildman–Crippen LogP) is -0.723. The highest BCUT2D eigenvalue weighted by Gasteiger charge is 2.65. The first kappa shape index (κ1) is 26.8. The number of hydrogen-bond donors (Lipinski definition) is 7. The van der Waals surface area contributed by atoms with E-state index in [0.29, 0.717) is 0 Å². The highest BCUT2D eigenvalue weighted by Crippen LogP contribution is 2.66. The summed E-state index contributed by atoms with van der Waals surface area (Å²) in [6.07, 6.45) is 2.96. The van der Waals surface area contributed by atoms with Gasteiger partial charge in [-0.3, -0.25) is 4.52 Å². The molecule has 34 heavy (non-hydrogen) atoms. The maximum absolute atomic E-state index is 15.4. The van der Waals surface area contributed by atoms with Crippen molar-refractivity contribution in [2.45, 2.75) is 23.8 Å².